The van der Waals surface area contributed by atoms with E-state index < -0.39 is 0 Å². The first kappa shape index (κ1) is 14.9. The average Bonchev–Trinajstić information content (AvgIpc) is 2.29. The first-order valence-corrected chi connectivity index (χ1v) is 6.01. The van der Waals surface area contributed by atoms with E-state index in [-0.39, 0.29) is 5.91 Å². The fourth-order valence-corrected chi connectivity index (χ4v) is 1.62. The monoisotopic (exact) mass is 263 g/mol. The van der Waals surface area contributed by atoms with E-state index in [0.29, 0.717) is 12.4 Å². The standard InChI is InChI=1S/C13H21N5O/c1-10(19)16-12-7-6-11(8-14-12)9-15-13(17(2)3)18(4)5/h6-8H,9H2,1-5H3,(H,14,16,19). The second-order valence-electron chi connectivity index (χ2n) is 4.64. The van der Waals surface area contributed by atoms with E-state index in [1.807, 2.05) is 44.1 Å². The molecule has 1 aromatic rings. The fourth-order valence-electron chi connectivity index (χ4n) is 1.62. The zero-order chi connectivity index (χ0) is 14.4. The van der Waals surface area contributed by atoms with E-state index in [1.165, 1.54) is 6.92 Å². The quantitative estimate of drug-likeness (QED) is 0.653. The summed E-state index contributed by atoms with van der Waals surface area (Å²) in [5.41, 5.74) is 0.996. The molecule has 0 fully saturated rings. The highest BCUT2D eigenvalue weighted by Gasteiger charge is 2.04. The Morgan fingerprint density at radius 2 is 1.89 bits per heavy atom. The highest BCUT2D eigenvalue weighted by Crippen LogP contribution is 2.06. The van der Waals surface area contributed by atoms with Crippen molar-refractivity contribution in [2.24, 2.45) is 4.99 Å². The van der Waals surface area contributed by atoms with Crippen molar-refractivity contribution in [3.8, 4) is 0 Å². The van der Waals surface area contributed by atoms with E-state index >= 15 is 0 Å². The Morgan fingerprint density at radius 1 is 1.26 bits per heavy atom. The predicted octanol–water partition coefficient (Wildman–Crippen LogP) is 1.02. The van der Waals surface area contributed by atoms with Crippen molar-refractivity contribution >= 4 is 17.7 Å². The van der Waals surface area contributed by atoms with Crippen LogP contribution in [0.5, 0.6) is 0 Å². The van der Waals surface area contributed by atoms with Crippen LogP contribution in [-0.4, -0.2) is 54.8 Å². The topological polar surface area (TPSA) is 60.8 Å². The summed E-state index contributed by atoms with van der Waals surface area (Å²) >= 11 is 0. The van der Waals surface area contributed by atoms with Gasteiger partial charge in [-0.25, -0.2) is 9.98 Å². The molecule has 0 atom stereocenters. The molecule has 104 valence electrons. The summed E-state index contributed by atoms with van der Waals surface area (Å²) in [6.07, 6.45) is 1.72. The van der Waals surface area contributed by atoms with Gasteiger partial charge in [-0.2, -0.15) is 0 Å². The van der Waals surface area contributed by atoms with Crippen molar-refractivity contribution in [3.63, 3.8) is 0 Å². The molecule has 0 saturated carbocycles. The maximum Gasteiger partial charge on any atom is 0.222 e. The highest BCUT2D eigenvalue weighted by atomic mass is 16.1. The molecule has 0 unspecified atom stereocenters. The first-order chi connectivity index (χ1) is 8.90. The molecule has 0 radical (unpaired) electrons. The van der Waals surface area contributed by atoms with Gasteiger partial charge in [0, 0.05) is 41.3 Å². The lowest BCUT2D eigenvalue weighted by Crippen LogP contribution is -2.35. The Balaban J connectivity index is 2.72. The molecule has 1 aromatic heterocycles. The molecule has 1 rings (SSSR count). The number of hydrogen-bond donors (Lipinski definition) is 1. The van der Waals surface area contributed by atoms with Crippen LogP contribution in [0.2, 0.25) is 0 Å². The Labute approximate surface area is 114 Å². The maximum absolute atomic E-state index is 10.9. The van der Waals surface area contributed by atoms with Gasteiger partial charge >= 0.3 is 0 Å². The van der Waals surface area contributed by atoms with Gasteiger partial charge in [0.1, 0.15) is 5.82 Å². The summed E-state index contributed by atoms with van der Waals surface area (Å²) < 4.78 is 0. The van der Waals surface area contributed by atoms with Crippen LogP contribution in [0.3, 0.4) is 0 Å². The maximum atomic E-state index is 10.9. The van der Waals surface area contributed by atoms with Crippen molar-refractivity contribution < 1.29 is 4.79 Å². The lowest BCUT2D eigenvalue weighted by Gasteiger charge is -2.22. The van der Waals surface area contributed by atoms with E-state index in [0.717, 1.165) is 11.5 Å². The van der Waals surface area contributed by atoms with E-state index in [1.54, 1.807) is 12.3 Å². The number of guanidine groups is 1. The Kier molecular flexibility index (Phi) is 5.29. The molecule has 6 heteroatoms. The molecule has 1 amide bonds. The highest BCUT2D eigenvalue weighted by molar-refractivity contribution is 5.87. The number of pyridine rings is 1. The molecule has 0 aliphatic rings. The Morgan fingerprint density at radius 3 is 2.32 bits per heavy atom. The van der Waals surface area contributed by atoms with Crippen LogP contribution in [0.15, 0.2) is 23.3 Å². The van der Waals surface area contributed by atoms with Gasteiger partial charge in [0.25, 0.3) is 0 Å². The summed E-state index contributed by atoms with van der Waals surface area (Å²) in [6.45, 7) is 2.01. The zero-order valence-corrected chi connectivity index (χ0v) is 12.1. The molecule has 0 aliphatic carbocycles. The molecular weight excluding hydrogens is 242 g/mol. The van der Waals surface area contributed by atoms with Crippen LogP contribution in [0.4, 0.5) is 5.82 Å². The van der Waals surface area contributed by atoms with E-state index in [4.69, 9.17) is 0 Å². The zero-order valence-electron chi connectivity index (χ0n) is 12.1. The number of carbonyl (C=O) groups excluding carboxylic acids is 1. The average molecular weight is 263 g/mol. The van der Waals surface area contributed by atoms with Gasteiger partial charge in [0.15, 0.2) is 5.96 Å². The first-order valence-electron chi connectivity index (χ1n) is 6.01. The SMILES string of the molecule is CC(=O)Nc1ccc(CN=C(N(C)C)N(C)C)cn1. The third kappa shape index (κ3) is 4.95. The molecule has 1 heterocycles. The number of carbonyl (C=O) groups is 1. The third-order valence-electron chi connectivity index (χ3n) is 2.33. The summed E-state index contributed by atoms with van der Waals surface area (Å²) in [5, 5.41) is 2.63. The minimum absolute atomic E-state index is 0.124. The minimum atomic E-state index is -0.124. The molecule has 0 aromatic carbocycles. The van der Waals surface area contributed by atoms with Crippen molar-refractivity contribution in [1.82, 2.24) is 14.8 Å². The fraction of sp³-hybridized carbons (Fsp3) is 0.462. The summed E-state index contributed by atoms with van der Waals surface area (Å²) in [4.78, 5) is 23.5. The smallest absolute Gasteiger partial charge is 0.222 e. The number of nitrogens with one attached hydrogen (secondary N) is 1. The second kappa shape index (κ2) is 6.72. The summed E-state index contributed by atoms with van der Waals surface area (Å²) in [7, 11) is 7.82. The van der Waals surface area contributed by atoms with Crippen LogP contribution < -0.4 is 5.32 Å². The largest absolute Gasteiger partial charge is 0.349 e. The van der Waals surface area contributed by atoms with Gasteiger partial charge in [0.05, 0.1) is 6.54 Å². The van der Waals surface area contributed by atoms with Gasteiger partial charge in [-0.3, -0.25) is 4.79 Å². The molecular formula is C13H21N5O. The van der Waals surface area contributed by atoms with Crippen LogP contribution >= 0.6 is 0 Å². The number of amides is 1. The third-order valence-corrected chi connectivity index (χ3v) is 2.33. The number of aliphatic imine (C=N–C) groups is 1. The Bertz CT molecular complexity index is 441. The molecule has 0 saturated heterocycles. The van der Waals surface area contributed by atoms with E-state index in [2.05, 4.69) is 15.3 Å². The second-order valence-corrected chi connectivity index (χ2v) is 4.64. The van der Waals surface area contributed by atoms with Crippen LogP contribution in [-0.2, 0) is 11.3 Å². The van der Waals surface area contributed by atoms with Crippen LogP contribution in [0.1, 0.15) is 12.5 Å². The summed E-state index contributed by atoms with van der Waals surface area (Å²) in [5.74, 6) is 1.33. The number of hydrogen-bond acceptors (Lipinski definition) is 3. The van der Waals surface area contributed by atoms with Gasteiger partial charge in [0.2, 0.25) is 5.91 Å². The lowest BCUT2D eigenvalue weighted by molar-refractivity contribution is -0.114. The van der Waals surface area contributed by atoms with Gasteiger partial charge < -0.3 is 15.1 Å². The van der Waals surface area contributed by atoms with Crippen molar-refractivity contribution in [3.05, 3.63) is 23.9 Å². The predicted molar refractivity (Wildman–Crippen MR) is 77.1 cm³/mol. The normalized spacial score (nSPS) is 9.74. The summed E-state index contributed by atoms with van der Waals surface area (Å²) in [6, 6.07) is 3.68. The molecule has 0 aliphatic heterocycles. The molecule has 0 bridgehead atoms. The number of rotatable bonds is 3. The van der Waals surface area contributed by atoms with Gasteiger partial charge in [-0.05, 0) is 11.6 Å². The molecule has 1 N–H and O–H groups in total. The van der Waals surface area contributed by atoms with Crippen molar-refractivity contribution in [1.29, 1.82) is 0 Å². The van der Waals surface area contributed by atoms with Crippen LogP contribution in [0, 0.1) is 0 Å². The van der Waals surface area contributed by atoms with E-state index in [9.17, 15) is 4.79 Å². The lowest BCUT2D eigenvalue weighted by atomic mass is 10.3. The Hall–Kier alpha value is -2.11. The minimum Gasteiger partial charge on any atom is -0.349 e. The van der Waals surface area contributed by atoms with Crippen molar-refractivity contribution in [2.75, 3.05) is 33.5 Å². The number of aromatic nitrogens is 1. The van der Waals surface area contributed by atoms with Gasteiger partial charge in [-0.1, -0.05) is 6.07 Å². The molecule has 0 spiro atoms. The van der Waals surface area contributed by atoms with Gasteiger partial charge in [-0.15, -0.1) is 0 Å². The number of anilines is 1. The molecule has 6 nitrogen and oxygen atoms in total. The van der Waals surface area contributed by atoms with Crippen LogP contribution in [0.25, 0.3) is 0 Å². The number of nitrogens with zero attached hydrogens (tertiary/aromatic N) is 4. The van der Waals surface area contributed by atoms with Crippen molar-refractivity contribution in [2.45, 2.75) is 13.5 Å². The molecule has 19 heavy (non-hydrogen) atoms.